The molecule has 590 valence electrons. The lowest BCUT2D eigenvalue weighted by Gasteiger charge is -2.31. The molecule has 0 bridgehead atoms. The molecule has 0 radical (unpaired) electrons. The lowest BCUT2D eigenvalue weighted by atomic mass is 9.78. The van der Waals surface area contributed by atoms with Crippen LogP contribution in [0.1, 0.15) is 378 Å². The number of hydrogen-bond acceptors (Lipinski definition) is 15. The highest BCUT2D eigenvalue weighted by Crippen LogP contribution is 2.49. The number of benzene rings is 6. The van der Waals surface area contributed by atoms with Crippen molar-refractivity contribution in [3.8, 4) is 34.5 Å². The Morgan fingerprint density at radius 3 is 0.528 bits per heavy atom. The molecule has 0 saturated carbocycles. The number of phenols is 3. The second-order valence-corrected chi connectivity index (χ2v) is 41.9. The molecular weight excluding hydrogens is 1360 g/mol. The Morgan fingerprint density at radius 2 is 0.370 bits per heavy atom. The molecule has 0 heterocycles. The summed E-state index contributed by atoms with van der Waals surface area (Å²) in [6.45, 7) is 68.9. The highest BCUT2D eigenvalue weighted by molar-refractivity contribution is 5.97. The number of hydrogen-bond donors (Lipinski definition) is 3. The first-order valence-electron chi connectivity index (χ1n) is 37.8. The summed E-state index contributed by atoms with van der Waals surface area (Å²) in [5.41, 5.74) is -0.344. The van der Waals surface area contributed by atoms with Crippen molar-refractivity contribution in [1.29, 1.82) is 0 Å². The van der Waals surface area contributed by atoms with Gasteiger partial charge in [0, 0.05) is 66.8 Å². The van der Waals surface area contributed by atoms with E-state index in [1.165, 1.54) is 0 Å². The molecule has 0 aliphatic rings. The highest BCUT2D eigenvalue weighted by Gasteiger charge is 2.39. The van der Waals surface area contributed by atoms with Crippen LogP contribution in [-0.2, 0) is 79.2 Å². The summed E-state index contributed by atoms with van der Waals surface area (Å²) in [5, 5.41) is 34.8. The maximum Gasteiger partial charge on any atom is 0.343 e. The van der Waals surface area contributed by atoms with Gasteiger partial charge in [-0.1, -0.05) is 249 Å². The van der Waals surface area contributed by atoms with Crippen LogP contribution in [0, 0.1) is 0 Å². The van der Waals surface area contributed by atoms with Crippen molar-refractivity contribution in [3.63, 3.8) is 0 Å². The molecule has 6 aromatic rings. The molecule has 0 atom stereocenters. The molecular formula is C93H128O15. The first kappa shape index (κ1) is 88.4. The fourth-order valence-electron chi connectivity index (χ4n) is 12.9. The Hall–Kier alpha value is -8.46. The van der Waals surface area contributed by atoms with Gasteiger partial charge in [0.1, 0.15) is 47.7 Å². The third kappa shape index (κ3) is 20.7. The van der Waals surface area contributed by atoms with Crippen LogP contribution in [0.5, 0.6) is 34.5 Å². The average molecular weight is 1490 g/mol. The van der Waals surface area contributed by atoms with Crippen LogP contribution in [0.2, 0.25) is 0 Å². The minimum Gasteiger partial charge on any atom is -0.507 e. The summed E-state index contributed by atoms with van der Waals surface area (Å²) in [7, 11) is 0. The van der Waals surface area contributed by atoms with Crippen molar-refractivity contribution in [2.45, 2.75) is 320 Å². The van der Waals surface area contributed by atoms with Gasteiger partial charge < -0.3 is 43.7 Å². The highest BCUT2D eigenvalue weighted by atomic mass is 16.6. The molecule has 15 heteroatoms. The molecule has 6 aromatic carbocycles. The predicted molar refractivity (Wildman–Crippen MR) is 433 cm³/mol. The molecule has 108 heavy (non-hydrogen) atoms. The Morgan fingerprint density at radius 1 is 0.231 bits per heavy atom. The van der Waals surface area contributed by atoms with Crippen LogP contribution in [0.4, 0.5) is 0 Å². The second kappa shape index (κ2) is 30.1. The standard InChI is InChI=1S/C93H128O15/c1-82(2,3)58-37-53(38-59(70(58)94)83(4,5)6)79(100)106-73-64(88(19,20)21)43-51(44-65(73)89(22,23)24)76(97)103-49-57(105-78(99)56-47-68(92(31,32)33)75(69(48-56)93(34,35)36)108-81(102)55-41-62(86(13,14)15)72(96)63(42-55)87(16,17)18)50-104-77(98)52-45-66(90(25,26)27)74(67(46-52)91(28,29)30)107-80(101)54-39-60(84(7,8)9)71(95)61(40-54)85(10,11)12/h37-48,57,94-96H,49-50H2,1-36H3. The fraction of sp³-hybridized carbons (Fsp3) is 0.548. The molecule has 6 rings (SSSR count). The third-order valence-corrected chi connectivity index (χ3v) is 19.4. The third-order valence-electron chi connectivity index (χ3n) is 19.4. The van der Waals surface area contributed by atoms with Crippen LogP contribution < -0.4 is 14.2 Å². The second-order valence-electron chi connectivity index (χ2n) is 41.9. The van der Waals surface area contributed by atoms with Gasteiger partial charge >= 0.3 is 35.8 Å². The molecule has 0 saturated heterocycles. The normalized spacial score (nSPS) is 13.3. The SMILES string of the molecule is CC(C)(C)c1cc(C(=O)Oc2c(C(C)(C)C)cc(C(=O)OCC(COC(=O)c3cc(C(C)(C)C)c(OC(=O)c4cc(C(C)(C)C)c(O)c(C(C)(C)C)c4)c(C(C)(C)C)c3)OC(=O)c3cc(C(C)(C)C)c(OC(=O)c4cc(C(C)(C)C)c(O)c(C(C)(C)C)c4)c(C(C)(C)C)c3)cc2C(C)(C)C)cc(C(C)(C)C)c1O. The van der Waals surface area contributed by atoms with E-state index in [4.69, 9.17) is 28.4 Å². The van der Waals surface area contributed by atoms with E-state index in [0.717, 1.165) is 0 Å². The van der Waals surface area contributed by atoms with Crippen molar-refractivity contribution in [3.05, 3.63) is 173 Å². The first-order valence-corrected chi connectivity index (χ1v) is 37.8. The number of rotatable bonds is 14. The summed E-state index contributed by atoms with van der Waals surface area (Å²) in [5.74, 6) is -3.46. The zero-order valence-electron chi connectivity index (χ0n) is 72.2. The van der Waals surface area contributed by atoms with E-state index in [-0.39, 0.29) is 67.9 Å². The fourth-order valence-corrected chi connectivity index (χ4v) is 12.9. The first-order chi connectivity index (χ1) is 48.4. The van der Waals surface area contributed by atoms with Crippen molar-refractivity contribution < 1.29 is 72.5 Å². The molecule has 0 aliphatic carbocycles. The van der Waals surface area contributed by atoms with Crippen molar-refractivity contribution in [2.24, 2.45) is 0 Å². The quantitative estimate of drug-likeness (QED) is 0.0525. The summed E-state index contributed by atoms with van der Waals surface area (Å²) in [6.07, 6.45) is -1.47. The van der Waals surface area contributed by atoms with Crippen molar-refractivity contribution in [1.82, 2.24) is 0 Å². The van der Waals surface area contributed by atoms with Gasteiger partial charge in [0.2, 0.25) is 0 Å². The molecule has 0 fully saturated rings. The summed E-state index contributed by atoms with van der Waals surface area (Å²) >= 11 is 0. The van der Waals surface area contributed by atoms with Gasteiger partial charge in [-0.05, 0) is 138 Å². The van der Waals surface area contributed by atoms with Gasteiger partial charge in [-0.15, -0.1) is 0 Å². The maximum atomic E-state index is 15.3. The van der Waals surface area contributed by atoms with E-state index in [1.807, 2.05) is 249 Å². The molecule has 0 unspecified atom stereocenters. The van der Waals surface area contributed by atoms with Crippen LogP contribution >= 0.6 is 0 Å². The largest absolute Gasteiger partial charge is 0.507 e. The van der Waals surface area contributed by atoms with E-state index in [9.17, 15) is 29.7 Å². The minimum absolute atomic E-state index is 0.0552. The van der Waals surface area contributed by atoms with Gasteiger partial charge in [0.25, 0.3) is 0 Å². The van der Waals surface area contributed by atoms with E-state index in [0.29, 0.717) is 66.8 Å². The Kier molecular flexibility index (Phi) is 24.6. The van der Waals surface area contributed by atoms with Crippen LogP contribution in [0.25, 0.3) is 0 Å². The Balaban J connectivity index is 1.51. The van der Waals surface area contributed by atoms with Crippen LogP contribution in [0.3, 0.4) is 0 Å². The topological polar surface area (TPSA) is 218 Å². The Labute approximate surface area is 646 Å². The van der Waals surface area contributed by atoms with Gasteiger partial charge in [0.15, 0.2) is 6.10 Å². The van der Waals surface area contributed by atoms with E-state index >= 15 is 14.4 Å². The predicted octanol–water partition coefficient (Wildman–Crippen LogP) is 22.3. The number of aromatic hydroxyl groups is 3. The number of carbonyl (C=O) groups excluding carboxylic acids is 6. The number of carbonyl (C=O) groups is 6. The van der Waals surface area contributed by atoms with Crippen LogP contribution in [0.15, 0.2) is 72.8 Å². The maximum absolute atomic E-state index is 15.3. The Bertz CT molecular complexity index is 4060. The zero-order chi connectivity index (χ0) is 83.0. The van der Waals surface area contributed by atoms with Gasteiger partial charge in [-0.25, -0.2) is 28.8 Å². The lowest BCUT2D eigenvalue weighted by molar-refractivity contribution is -0.0254. The number of ether oxygens (including phenoxy) is 6. The molecule has 0 aromatic heterocycles. The smallest absolute Gasteiger partial charge is 0.343 e. The van der Waals surface area contributed by atoms with E-state index < -0.39 is 120 Å². The molecule has 0 amide bonds. The summed E-state index contributed by atoms with van der Waals surface area (Å²) < 4.78 is 38.5. The number of esters is 6. The van der Waals surface area contributed by atoms with Gasteiger partial charge in [-0.3, -0.25) is 0 Å². The van der Waals surface area contributed by atoms with Crippen molar-refractivity contribution in [2.75, 3.05) is 13.2 Å². The zero-order valence-corrected chi connectivity index (χ0v) is 72.2. The van der Waals surface area contributed by atoms with Crippen molar-refractivity contribution >= 4 is 35.8 Å². The lowest BCUT2D eigenvalue weighted by Crippen LogP contribution is -2.32. The van der Waals surface area contributed by atoms with Gasteiger partial charge in [-0.2, -0.15) is 0 Å². The van der Waals surface area contributed by atoms with E-state index in [1.54, 1.807) is 72.8 Å². The van der Waals surface area contributed by atoms with Crippen LogP contribution in [-0.4, -0.2) is 70.5 Å². The monoisotopic (exact) mass is 1480 g/mol. The summed E-state index contributed by atoms with van der Waals surface area (Å²) in [4.78, 5) is 89.7. The average Bonchev–Trinajstić information content (AvgIpc) is 0.771. The number of phenolic OH excluding ortho intramolecular Hbond substituents is 3. The van der Waals surface area contributed by atoms with Gasteiger partial charge in [0.05, 0.1) is 33.4 Å². The van der Waals surface area contributed by atoms with E-state index in [2.05, 4.69) is 0 Å². The molecule has 3 N–H and O–H groups in total. The molecule has 0 spiro atoms. The molecule has 0 aliphatic heterocycles. The minimum atomic E-state index is -1.47. The summed E-state index contributed by atoms with van der Waals surface area (Å²) in [6, 6.07) is 19.7. The molecule has 15 nitrogen and oxygen atoms in total.